The SMILES string of the molecule is Cc1c2c3cccc4c5c6c(ccc5n(c2c(C)c2c5cccc7c8c9c(ccc8n(c12)c57)c1ccccc1n9-c1ccc2c(c1)C(C)(C)c1ccccc1-2)c34)c1ccccc1n6-c1ccc2c(c1)C(C)(C)c1ccccc1-2. The zero-order valence-electron chi connectivity index (χ0n) is 44.3. The van der Waals surface area contributed by atoms with Crippen LogP contribution in [0.1, 0.15) is 61.1 Å². The van der Waals surface area contributed by atoms with Crippen molar-refractivity contribution in [2.24, 2.45) is 0 Å². The van der Waals surface area contributed by atoms with Crippen molar-refractivity contribution in [3.8, 4) is 33.6 Å². The number of rotatable bonds is 2. The molecule has 0 spiro atoms. The molecule has 17 aromatic rings. The van der Waals surface area contributed by atoms with Gasteiger partial charge in [-0.05, 0) is 118 Å². The molecule has 0 bridgehead atoms. The first kappa shape index (κ1) is 41.8. The highest BCUT2D eigenvalue weighted by molar-refractivity contribution is 6.36. The van der Waals surface area contributed by atoms with Crippen LogP contribution in [0.5, 0.6) is 0 Å². The second-order valence-electron chi connectivity index (χ2n) is 24.0. The highest BCUT2D eigenvalue weighted by Crippen LogP contribution is 2.54. The van der Waals surface area contributed by atoms with Crippen molar-refractivity contribution < 1.29 is 0 Å². The second kappa shape index (κ2) is 13.6. The lowest BCUT2D eigenvalue weighted by molar-refractivity contribution is 0.660. The zero-order chi connectivity index (χ0) is 51.6. The lowest BCUT2D eigenvalue weighted by Gasteiger charge is -2.22. The van der Waals surface area contributed by atoms with Crippen LogP contribution in [-0.4, -0.2) is 17.9 Å². The molecule has 6 heterocycles. The summed E-state index contributed by atoms with van der Waals surface area (Å²) in [5.41, 5.74) is 28.5. The molecule has 0 radical (unpaired) electrons. The molecular weight excluding hydrogens is 945 g/mol. The largest absolute Gasteiger partial charge is 0.309 e. The van der Waals surface area contributed by atoms with Gasteiger partial charge in [0, 0.05) is 86.8 Å². The number of benzene rings is 11. The van der Waals surface area contributed by atoms with Gasteiger partial charge in [-0.1, -0.05) is 173 Å². The van der Waals surface area contributed by atoms with Crippen LogP contribution in [0.15, 0.2) is 194 Å². The highest BCUT2D eigenvalue weighted by atomic mass is 15.0. The van der Waals surface area contributed by atoms with Gasteiger partial charge in [0.05, 0.1) is 55.2 Å². The van der Waals surface area contributed by atoms with E-state index in [1.807, 2.05) is 0 Å². The summed E-state index contributed by atoms with van der Waals surface area (Å²) in [4.78, 5) is 0. The topological polar surface area (TPSA) is 18.7 Å². The molecule has 4 nitrogen and oxygen atoms in total. The third-order valence-electron chi connectivity index (χ3n) is 19.7. The average Bonchev–Trinajstić information content (AvgIpc) is 4.54. The number of hydrogen-bond acceptors (Lipinski definition) is 0. The maximum Gasteiger partial charge on any atom is 0.0641 e. The van der Waals surface area contributed by atoms with Crippen LogP contribution in [0.25, 0.3) is 153 Å². The first-order valence-electron chi connectivity index (χ1n) is 27.8. The number of nitrogens with zero attached hydrogens (tertiary/aromatic N) is 4. The Morgan fingerprint density at radius 1 is 0.269 bits per heavy atom. The van der Waals surface area contributed by atoms with E-state index in [9.17, 15) is 0 Å². The van der Waals surface area contributed by atoms with E-state index in [1.165, 1.54) is 187 Å². The molecule has 0 aliphatic heterocycles. The summed E-state index contributed by atoms with van der Waals surface area (Å²) in [6.07, 6.45) is 0. The number of fused-ring (bicyclic) bond motifs is 26. The van der Waals surface area contributed by atoms with E-state index in [2.05, 4.69) is 254 Å². The van der Waals surface area contributed by atoms with Gasteiger partial charge in [-0.2, -0.15) is 0 Å². The van der Waals surface area contributed by atoms with Crippen LogP contribution in [-0.2, 0) is 10.8 Å². The fourth-order valence-corrected chi connectivity index (χ4v) is 16.5. The highest BCUT2D eigenvalue weighted by Gasteiger charge is 2.38. The summed E-state index contributed by atoms with van der Waals surface area (Å²) in [5.74, 6) is 0. The standard InChI is InChI=1S/C74H50N4/c1-39-63-51-21-15-23-53-66-62(36-34-50-48-20-10-14-28-60(48)76(72(50)66)42-30-32-46-44-18-8-12-26-56(44)74(5,6)58(46)38-42)78(69(51)53)68(63)40(2)64-52-22-16-24-54-65-61(77(67(39)64)70(52)54)35-33-49-47-19-9-13-27-59(47)75(71(49)65)41-29-31-45-43-17-7-11-25-55(43)73(3,4)57(45)37-41/h7-38H,1-6H3. The fourth-order valence-electron chi connectivity index (χ4n) is 16.5. The Morgan fingerprint density at radius 2 is 0.641 bits per heavy atom. The molecule has 0 N–H and O–H groups in total. The number of para-hydroxylation sites is 4. The number of hydrogen-bond donors (Lipinski definition) is 0. The third-order valence-corrected chi connectivity index (χ3v) is 19.7. The summed E-state index contributed by atoms with van der Waals surface area (Å²) in [6, 6.07) is 74.3. The smallest absolute Gasteiger partial charge is 0.0641 e. The van der Waals surface area contributed by atoms with Gasteiger partial charge in [0.15, 0.2) is 0 Å². The second-order valence-corrected chi connectivity index (χ2v) is 24.0. The molecule has 78 heavy (non-hydrogen) atoms. The molecule has 0 amide bonds. The van der Waals surface area contributed by atoms with E-state index in [0.717, 1.165) is 0 Å². The van der Waals surface area contributed by atoms with E-state index >= 15 is 0 Å². The van der Waals surface area contributed by atoms with Gasteiger partial charge in [0.25, 0.3) is 0 Å². The van der Waals surface area contributed by atoms with E-state index in [-0.39, 0.29) is 10.8 Å². The van der Waals surface area contributed by atoms with Crippen molar-refractivity contribution in [3.05, 3.63) is 228 Å². The molecular formula is C74H50N4. The van der Waals surface area contributed by atoms with Crippen molar-refractivity contribution >= 4 is 120 Å². The molecule has 0 unspecified atom stereocenters. The average molecular weight is 995 g/mol. The van der Waals surface area contributed by atoms with Crippen molar-refractivity contribution in [2.45, 2.75) is 52.4 Å². The minimum Gasteiger partial charge on any atom is -0.309 e. The van der Waals surface area contributed by atoms with Crippen molar-refractivity contribution in [1.29, 1.82) is 0 Å². The first-order valence-corrected chi connectivity index (χ1v) is 27.8. The van der Waals surface area contributed by atoms with E-state index < -0.39 is 0 Å². The Morgan fingerprint density at radius 3 is 1.09 bits per heavy atom. The van der Waals surface area contributed by atoms with Gasteiger partial charge in [-0.15, -0.1) is 0 Å². The van der Waals surface area contributed by atoms with Gasteiger partial charge in [-0.25, -0.2) is 0 Å². The maximum absolute atomic E-state index is 2.64. The van der Waals surface area contributed by atoms with Crippen LogP contribution < -0.4 is 0 Å². The molecule has 2 aliphatic rings. The van der Waals surface area contributed by atoms with Crippen LogP contribution in [0, 0.1) is 13.8 Å². The Bertz CT molecular complexity index is 5290. The normalized spacial score (nSPS) is 14.7. The summed E-state index contributed by atoms with van der Waals surface area (Å²) in [5, 5.41) is 15.6. The van der Waals surface area contributed by atoms with Crippen molar-refractivity contribution in [1.82, 2.24) is 17.9 Å². The quantitative estimate of drug-likeness (QED) is 0.164. The molecule has 366 valence electrons. The van der Waals surface area contributed by atoms with Crippen LogP contribution in [0.2, 0.25) is 0 Å². The number of aromatic nitrogens is 4. The summed E-state index contributed by atoms with van der Waals surface area (Å²) in [7, 11) is 0. The predicted octanol–water partition coefficient (Wildman–Crippen LogP) is 19.4. The number of aryl methyl sites for hydroxylation is 2. The van der Waals surface area contributed by atoms with E-state index in [0.29, 0.717) is 0 Å². The van der Waals surface area contributed by atoms with Crippen LogP contribution in [0.4, 0.5) is 0 Å². The Kier molecular flexibility index (Phi) is 7.28. The molecule has 19 rings (SSSR count). The molecule has 4 heteroatoms. The summed E-state index contributed by atoms with van der Waals surface area (Å²) < 4.78 is 10.4. The minimum atomic E-state index is -0.112. The summed E-state index contributed by atoms with van der Waals surface area (Å²) in [6.45, 7) is 14.4. The van der Waals surface area contributed by atoms with Crippen molar-refractivity contribution in [3.63, 3.8) is 0 Å². The van der Waals surface area contributed by atoms with Gasteiger partial charge in [0.2, 0.25) is 0 Å². The minimum absolute atomic E-state index is 0.112. The Hall–Kier alpha value is -9.38. The van der Waals surface area contributed by atoms with Gasteiger partial charge in [-0.3, -0.25) is 0 Å². The third kappa shape index (κ3) is 4.57. The lowest BCUT2D eigenvalue weighted by atomic mass is 9.82. The Labute approximate surface area is 448 Å². The first-order chi connectivity index (χ1) is 38.1. The molecule has 6 aromatic heterocycles. The monoisotopic (exact) mass is 994 g/mol. The Balaban J connectivity index is 0.902. The molecule has 0 saturated carbocycles. The molecule has 0 fully saturated rings. The molecule has 2 aliphatic carbocycles. The van der Waals surface area contributed by atoms with Gasteiger partial charge >= 0.3 is 0 Å². The van der Waals surface area contributed by atoms with E-state index in [4.69, 9.17) is 0 Å². The fraction of sp³-hybridized carbons (Fsp3) is 0.108. The molecule has 11 aromatic carbocycles. The summed E-state index contributed by atoms with van der Waals surface area (Å²) >= 11 is 0. The predicted molar refractivity (Wildman–Crippen MR) is 329 cm³/mol. The zero-order valence-corrected chi connectivity index (χ0v) is 44.3. The molecule has 0 atom stereocenters. The maximum atomic E-state index is 2.64. The molecule has 0 saturated heterocycles. The van der Waals surface area contributed by atoms with Crippen molar-refractivity contribution in [2.75, 3.05) is 0 Å². The van der Waals surface area contributed by atoms with Gasteiger partial charge < -0.3 is 17.9 Å². The van der Waals surface area contributed by atoms with Gasteiger partial charge in [0.1, 0.15) is 0 Å². The van der Waals surface area contributed by atoms with Crippen LogP contribution in [0.3, 0.4) is 0 Å². The van der Waals surface area contributed by atoms with Crippen LogP contribution >= 0.6 is 0 Å². The lowest BCUT2D eigenvalue weighted by Crippen LogP contribution is -2.15. The van der Waals surface area contributed by atoms with E-state index in [1.54, 1.807) is 0 Å².